The van der Waals surface area contributed by atoms with Gasteiger partial charge in [0.2, 0.25) is 0 Å². The van der Waals surface area contributed by atoms with Gasteiger partial charge in [0.1, 0.15) is 16.9 Å². The summed E-state index contributed by atoms with van der Waals surface area (Å²) in [6.07, 6.45) is 0. The Morgan fingerprint density at radius 2 is 1.79 bits per heavy atom. The molecule has 0 bridgehead atoms. The zero-order valence-corrected chi connectivity index (χ0v) is 16.3. The van der Waals surface area contributed by atoms with Crippen LogP contribution in [0, 0.1) is 0 Å². The minimum Gasteiger partial charge on any atom is -0.496 e. The fourth-order valence-electron chi connectivity index (χ4n) is 2.04. The van der Waals surface area contributed by atoms with Gasteiger partial charge >= 0.3 is 0 Å². The Morgan fingerprint density at radius 3 is 2.50 bits per heavy atom. The summed E-state index contributed by atoms with van der Waals surface area (Å²) in [6.45, 7) is 4.00. The van der Waals surface area contributed by atoms with Crippen molar-refractivity contribution in [2.45, 2.75) is 18.7 Å². The lowest BCUT2D eigenvalue weighted by Gasteiger charge is -2.08. The molecule has 0 aliphatic rings. The van der Waals surface area contributed by atoms with Crippen LogP contribution in [0.3, 0.4) is 0 Å². The van der Waals surface area contributed by atoms with Crippen LogP contribution in [0.5, 0.6) is 11.5 Å². The van der Waals surface area contributed by atoms with Crippen molar-refractivity contribution in [3.05, 3.63) is 40.9 Å². The van der Waals surface area contributed by atoms with Crippen LogP contribution in [0.25, 0.3) is 11.0 Å². The first-order valence-electron chi connectivity index (χ1n) is 7.41. The van der Waals surface area contributed by atoms with Gasteiger partial charge in [0.15, 0.2) is 11.4 Å². The van der Waals surface area contributed by atoms with E-state index in [2.05, 4.69) is 25.8 Å². The first kappa shape index (κ1) is 18.5. The van der Waals surface area contributed by atoms with Crippen LogP contribution in [0.15, 0.2) is 50.3 Å². The summed E-state index contributed by atoms with van der Waals surface area (Å²) in [7, 11) is 3.26. The van der Waals surface area contributed by atoms with Gasteiger partial charge in [-0.3, -0.25) is 0 Å². The molecule has 5 nitrogen and oxygen atoms in total. The lowest BCUT2D eigenvalue weighted by atomic mass is 10.2. The van der Waals surface area contributed by atoms with Crippen LogP contribution in [0.2, 0.25) is 0 Å². The lowest BCUT2D eigenvalue weighted by molar-refractivity contribution is 0.405. The van der Waals surface area contributed by atoms with Crippen LogP contribution >= 0.6 is 27.9 Å². The number of methoxy groups -OCH3 is 2. The van der Waals surface area contributed by atoms with Crippen LogP contribution in [0.1, 0.15) is 13.8 Å². The molecule has 0 aliphatic heterocycles. The number of halogens is 1. The molecule has 128 valence electrons. The SMILES string of the molecule is CC.COc1ccccc1SNc1noc2cc(Br)cc(OC)c12. The van der Waals surface area contributed by atoms with Crippen molar-refractivity contribution in [2.24, 2.45) is 0 Å². The zero-order chi connectivity index (χ0) is 17.5. The fourth-order valence-corrected chi connectivity index (χ4v) is 3.20. The van der Waals surface area contributed by atoms with Crippen LogP contribution in [0.4, 0.5) is 5.82 Å². The first-order chi connectivity index (χ1) is 11.7. The van der Waals surface area contributed by atoms with Gasteiger partial charge in [-0.05, 0) is 36.2 Å². The summed E-state index contributed by atoms with van der Waals surface area (Å²) in [5.74, 6) is 2.09. The molecule has 24 heavy (non-hydrogen) atoms. The highest BCUT2D eigenvalue weighted by atomic mass is 79.9. The number of anilines is 1. The number of rotatable bonds is 5. The third-order valence-electron chi connectivity index (χ3n) is 3.05. The summed E-state index contributed by atoms with van der Waals surface area (Å²) in [6, 6.07) is 11.5. The van der Waals surface area contributed by atoms with Crippen LogP contribution in [-0.4, -0.2) is 19.4 Å². The van der Waals surface area contributed by atoms with E-state index in [9.17, 15) is 0 Å². The van der Waals surface area contributed by atoms with E-state index in [4.69, 9.17) is 14.0 Å². The van der Waals surface area contributed by atoms with Gasteiger partial charge < -0.3 is 18.7 Å². The number of hydrogen-bond acceptors (Lipinski definition) is 6. The molecule has 3 rings (SSSR count). The molecule has 0 spiro atoms. The third kappa shape index (κ3) is 3.96. The van der Waals surface area contributed by atoms with Crippen molar-refractivity contribution in [2.75, 3.05) is 18.9 Å². The molecule has 0 radical (unpaired) electrons. The van der Waals surface area contributed by atoms with Gasteiger partial charge in [-0.25, -0.2) is 0 Å². The molecular weight excluding hydrogens is 392 g/mol. The van der Waals surface area contributed by atoms with Crippen molar-refractivity contribution in [3.8, 4) is 11.5 Å². The molecule has 2 aromatic carbocycles. The summed E-state index contributed by atoms with van der Waals surface area (Å²) in [5.41, 5.74) is 0.648. The molecular formula is C17H19BrN2O3S. The highest BCUT2D eigenvalue weighted by Gasteiger charge is 2.15. The normalized spacial score (nSPS) is 10.0. The van der Waals surface area contributed by atoms with Crippen LogP contribution in [-0.2, 0) is 0 Å². The highest BCUT2D eigenvalue weighted by Crippen LogP contribution is 2.37. The Labute approximate surface area is 154 Å². The average molecular weight is 411 g/mol. The Balaban J connectivity index is 0.00000100. The number of hydrogen-bond donors (Lipinski definition) is 1. The minimum atomic E-state index is 0.607. The predicted octanol–water partition coefficient (Wildman–Crippen LogP) is 5.75. The van der Waals surface area contributed by atoms with E-state index in [0.717, 1.165) is 20.5 Å². The maximum atomic E-state index is 5.40. The monoisotopic (exact) mass is 410 g/mol. The summed E-state index contributed by atoms with van der Waals surface area (Å²) in [5, 5.41) is 4.87. The van der Waals surface area contributed by atoms with Gasteiger partial charge in [0, 0.05) is 4.47 Å². The molecule has 0 fully saturated rings. The number of nitrogens with one attached hydrogen (secondary N) is 1. The quantitative estimate of drug-likeness (QED) is 0.540. The number of aromatic nitrogens is 1. The van der Waals surface area contributed by atoms with E-state index < -0.39 is 0 Å². The van der Waals surface area contributed by atoms with E-state index in [1.807, 2.05) is 50.2 Å². The molecule has 3 aromatic rings. The van der Waals surface area contributed by atoms with E-state index >= 15 is 0 Å². The standard InChI is InChI=1S/C15H13BrN2O3S.C2H6/c1-19-10-5-3-4-6-13(10)22-18-15-14-11(20-2)7-9(16)8-12(14)21-17-15;1-2/h3-8H,1-2H3,(H,17,18);1-2H3. The smallest absolute Gasteiger partial charge is 0.191 e. The average Bonchev–Trinajstić information content (AvgIpc) is 3.04. The number of benzene rings is 2. The molecule has 0 unspecified atom stereocenters. The van der Waals surface area contributed by atoms with E-state index in [1.54, 1.807) is 14.2 Å². The van der Waals surface area contributed by atoms with Crippen molar-refractivity contribution >= 4 is 44.7 Å². The second kappa shape index (κ2) is 8.84. The first-order valence-corrected chi connectivity index (χ1v) is 9.02. The Bertz CT molecular complexity index is 808. The van der Waals surface area contributed by atoms with Crippen molar-refractivity contribution in [1.82, 2.24) is 5.16 Å². The molecule has 7 heteroatoms. The van der Waals surface area contributed by atoms with Gasteiger partial charge in [-0.1, -0.05) is 47.1 Å². The molecule has 0 amide bonds. The number of para-hydroxylation sites is 1. The highest BCUT2D eigenvalue weighted by molar-refractivity contribution is 9.10. The molecule has 0 saturated heterocycles. The minimum absolute atomic E-state index is 0.607. The number of nitrogens with zero attached hydrogens (tertiary/aromatic N) is 1. The molecule has 0 saturated carbocycles. The van der Waals surface area contributed by atoms with E-state index in [-0.39, 0.29) is 0 Å². The maximum Gasteiger partial charge on any atom is 0.191 e. The van der Waals surface area contributed by atoms with Gasteiger partial charge in [0.25, 0.3) is 0 Å². The molecule has 1 N–H and O–H groups in total. The predicted molar refractivity (Wildman–Crippen MR) is 102 cm³/mol. The van der Waals surface area contributed by atoms with Gasteiger partial charge in [-0.15, -0.1) is 0 Å². The van der Waals surface area contributed by atoms with Crippen molar-refractivity contribution < 1.29 is 14.0 Å². The second-order valence-electron chi connectivity index (χ2n) is 4.37. The topological polar surface area (TPSA) is 56.5 Å². The number of ether oxygens (including phenoxy) is 2. The largest absolute Gasteiger partial charge is 0.496 e. The Morgan fingerprint density at radius 1 is 1.08 bits per heavy atom. The Hall–Kier alpha value is -1.86. The number of fused-ring (bicyclic) bond motifs is 1. The summed E-state index contributed by atoms with van der Waals surface area (Å²) >= 11 is 4.82. The van der Waals surface area contributed by atoms with E-state index in [0.29, 0.717) is 17.2 Å². The van der Waals surface area contributed by atoms with Crippen molar-refractivity contribution in [3.63, 3.8) is 0 Å². The van der Waals surface area contributed by atoms with Crippen LogP contribution < -0.4 is 14.2 Å². The van der Waals surface area contributed by atoms with Crippen molar-refractivity contribution in [1.29, 1.82) is 0 Å². The fraction of sp³-hybridized carbons (Fsp3) is 0.235. The zero-order valence-electron chi connectivity index (χ0n) is 13.9. The molecule has 0 aliphatic carbocycles. The second-order valence-corrected chi connectivity index (χ2v) is 6.13. The summed E-state index contributed by atoms with van der Waals surface area (Å²) < 4.78 is 20.1. The molecule has 1 heterocycles. The third-order valence-corrected chi connectivity index (χ3v) is 4.36. The maximum absolute atomic E-state index is 5.40. The molecule has 1 aromatic heterocycles. The summed E-state index contributed by atoms with van der Waals surface area (Å²) in [4.78, 5) is 0.956. The van der Waals surface area contributed by atoms with Gasteiger partial charge in [-0.2, -0.15) is 0 Å². The van der Waals surface area contributed by atoms with E-state index in [1.165, 1.54) is 11.9 Å². The van der Waals surface area contributed by atoms with Gasteiger partial charge in [0.05, 0.1) is 19.1 Å². The lowest BCUT2D eigenvalue weighted by Crippen LogP contribution is -1.92. The Kier molecular flexibility index (Phi) is 6.81. The molecule has 0 atom stereocenters.